The van der Waals surface area contributed by atoms with Crippen LogP contribution in [0.1, 0.15) is 31.9 Å². The van der Waals surface area contributed by atoms with E-state index in [0.717, 1.165) is 27.0 Å². The van der Waals surface area contributed by atoms with E-state index in [1.807, 2.05) is 81.4 Å². The van der Waals surface area contributed by atoms with Crippen LogP contribution in [0.3, 0.4) is 0 Å². The van der Waals surface area contributed by atoms with Gasteiger partial charge in [-0.2, -0.15) is 0 Å². The van der Waals surface area contributed by atoms with Crippen LogP contribution in [0, 0.1) is 5.92 Å². The first-order valence-electron chi connectivity index (χ1n) is 10.8. The molecule has 0 aliphatic carbocycles. The molecule has 0 aliphatic heterocycles. The zero-order valence-electron chi connectivity index (χ0n) is 19.0. The fourth-order valence-electron chi connectivity index (χ4n) is 3.04. The minimum Gasteiger partial charge on any atom is -0.490 e. The van der Waals surface area contributed by atoms with Gasteiger partial charge in [0, 0.05) is 33.3 Å². The lowest BCUT2D eigenvalue weighted by molar-refractivity contribution is -0.118. The second-order valence-electron chi connectivity index (χ2n) is 7.82. The van der Waals surface area contributed by atoms with E-state index in [1.54, 1.807) is 0 Å². The van der Waals surface area contributed by atoms with Crippen molar-refractivity contribution in [1.29, 1.82) is 0 Å². The number of amides is 1. The summed E-state index contributed by atoms with van der Waals surface area (Å²) in [6, 6.07) is 19.2. The van der Waals surface area contributed by atoms with Crippen molar-refractivity contribution in [2.75, 3.05) is 17.2 Å². The SMILES string of the molecule is CCOc1cc(CNc2ccc(NC(=O)C(C)C)cc2)c(Br)cc1OCc1cccc(Cl)c1. The number of hydrogen-bond acceptors (Lipinski definition) is 4. The Balaban J connectivity index is 1.66. The quantitative estimate of drug-likeness (QED) is 0.288. The molecule has 0 atom stereocenters. The number of ether oxygens (including phenoxy) is 2. The predicted molar refractivity (Wildman–Crippen MR) is 138 cm³/mol. The fraction of sp³-hybridized carbons (Fsp3) is 0.269. The number of hydrogen-bond donors (Lipinski definition) is 2. The van der Waals surface area contributed by atoms with E-state index in [1.165, 1.54) is 0 Å². The first-order valence-corrected chi connectivity index (χ1v) is 12.0. The van der Waals surface area contributed by atoms with Crippen LogP contribution >= 0.6 is 27.5 Å². The summed E-state index contributed by atoms with van der Waals surface area (Å²) in [4.78, 5) is 11.8. The van der Waals surface area contributed by atoms with Gasteiger partial charge in [0.1, 0.15) is 6.61 Å². The Morgan fingerprint density at radius 1 is 1.00 bits per heavy atom. The maximum atomic E-state index is 11.8. The lowest BCUT2D eigenvalue weighted by Gasteiger charge is -2.16. The van der Waals surface area contributed by atoms with Crippen molar-refractivity contribution in [1.82, 2.24) is 0 Å². The Morgan fingerprint density at radius 2 is 1.70 bits per heavy atom. The van der Waals surface area contributed by atoms with Crippen molar-refractivity contribution in [3.63, 3.8) is 0 Å². The molecule has 0 unspecified atom stereocenters. The number of benzene rings is 3. The third-order valence-electron chi connectivity index (χ3n) is 4.86. The molecule has 0 heterocycles. The normalized spacial score (nSPS) is 10.7. The van der Waals surface area contributed by atoms with Crippen molar-refractivity contribution in [2.45, 2.75) is 33.9 Å². The lowest BCUT2D eigenvalue weighted by atomic mass is 10.1. The Morgan fingerprint density at radius 3 is 2.36 bits per heavy atom. The monoisotopic (exact) mass is 530 g/mol. The number of halogens is 2. The summed E-state index contributed by atoms with van der Waals surface area (Å²) in [5.41, 5.74) is 3.74. The fourth-order valence-corrected chi connectivity index (χ4v) is 3.71. The molecule has 0 bridgehead atoms. The van der Waals surface area contributed by atoms with Gasteiger partial charge in [-0.25, -0.2) is 0 Å². The van der Waals surface area contributed by atoms with Crippen molar-refractivity contribution in [3.8, 4) is 11.5 Å². The number of carbonyl (C=O) groups excluding carboxylic acids is 1. The molecular weight excluding hydrogens is 504 g/mol. The highest BCUT2D eigenvalue weighted by Gasteiger charge is 2.12. The smallest absolute Gasteiger partial charge is 0.226 e. The highest BCUT2D eigenvalue weighted by Crippen LogP contribution is 2.35. The molecule has 0 saturated carbocycles. The zero-order valence-corrected chi connectivity index (χ0v) is 21.3. The van der Waals surface area contributed by atoms with Crippen molar-refractivity contribution >= 4 is 44.8 Å². The number of carbonyl (C=O) groups is 1. The Kier molecular flexibility index (Phi) is 9.03. The lowest BCUT2D eigenvalue weighted by Crippen LogP contribution is -2.17. The average Bonchev–Trinajstić information content (AvgIpc) is 2.79. The van der Waals surface area contributed by atoms with Gasteiger partial charge in [-0.15, -0.1) is 0 Å². The minimum absolute atomic E-state index is 0.000707. The van der Waals surface area contributed by atoms with Crippen LogP contribution in [0.2, 0.25) is 5.02 Å². The van der Waals surface area contributed by atoms with Gasteiger partial charge in [-0.1, -0.05) is 53.5 Å². The number of nitrogens with one attached hydrogen (secondary N) is 2. The molecule has 3 rings (SSSR count). The molecule has 1 amide bonds. The summed E-state index contributed by atoms with van der Waals surface area (Å²) in [6.07, 6.45) is 0. The van der Waals surface area contributed by atoms with Crippen LogP contribution in [0.4, 0.5) is 11.4 Å². The molecule has 174 valence electrons. The van der Waals surface area contributed by atoms with Crippen LogP contribution in [-0.4, -0.2) is 12.5 Å². The molecule has 0 spiro atoms. The van der Waals surface area contributed by atoms with E-state index in [0.29, 0.717) is 36.3 Å². The minimum atomic E-state index is -0.0582. The molecule has 3 aromatic rings. The van der Waals surface area contributed by atoms with E-state index in [9.17, 15) is 4.79 Å². The van der Waals surface area contributed by atoms with Crippen LogP contribution in [-0.2, 0) is 17.9 Å². The van der Waals surface area contributed by atoms with Gasteiger partial charge in [0.15, 0.2) is 11.5 Å². The second kappa shape index (κ2) is 12.0. The van der Waals surface area contributed by atoms with Gasteiger partial charge < -0.3 is 20.1 Å². The molecule has 7 heteroatoms. The second-order valence-corrected chi connectivity index (χ2v) is 9.11. The molecule has 0 radical (unpaired) electrons. The highest BCUT2D eigenvalue weighted by atomic mass is 79.9. The molecular formula is C26H28BrClN2O3. The summed E-state index contributed by atoms with van der Waals surface area (Å²) in [5.74, 6) is 1.29. The first-order chi connectivity index (χ1) is 15.9. The predicted octanol–water partition coefficient (Wildman–Crippen LogP) is 7.29. The van der Waals surface area contributed by atoms with Crippen molar-refractivity contribution in [3.05, 3.63) is 81.3 Å². The summed E-state index contributed by atoms with van der Waals surface area (Å²) in [6.45, 7) is 7.20. The van der Waals surface area contributed by atoms with Crippen LogP contribution in [0.15, 0.2) is 65.1 Å². The van der Waals surface area contributed by atoms with E-state index < -0.39 is 0 Å². The average molecular weight is 532 g/mol. The largest absolute Gasteiger partial charge is 0.490 e. The molecule has 33 heavy (non-hydrogen) atoms. The Bertz CT molecular complexity index is 1090. The van der Waals surface area contributed by atoms with E-state index >= 15 is 0 Å². The zero-order chi connectivity index (χ0) is 23.8. The van der Waals surface area contributed by atoms with Gasteiger partial charge in [0.2, 0.25) is 5.91 Å². The van der Waals surface area contributed by atoms with E-state index in [4.69, 9.17) is 21.1 Å². The van der Waals surface area contributed by atoms with Crippen LogP contribution in [0.5, 0.6) is 11.5 Å². The van der Waals surface area contributed by atoms with Gasteiger partial charge in [0.05, 0.1) is 6.61 Å². The summed E-state index contributed by atoms with van der Waals surface area (Å²) < 4.78 is 12.8. The molecule has 5 nitrogen and oxygen atoms in total. The molecule has 0 saturated heterocycles. The standard InChI is InChI=1S/C26H28BrClN2O3/c1-4-32-24-13-19(15-29-21-8-10-22(11-9-21)30-26(31)17(2)3)23(27)14-25(24)33-16-18-6-5-7-20(28)12-18/h5-14,17,29H,4,15-16H2,1-3H3,(H,30,31). The number of rotatable bonds is 10. The van der Waals surface area contributed by atoms with Gasteiger partial charge >= 0.3 is 0 Å². The summed E-state index contributed by atoms with van der Waals surface area (Å²) in [7, 11) is 0. The van der Waals surface area contributed by atoms with Crippen LogP contribution < -0.4 is 20.1 Å². The molecule has 3 aromatic carbocycles. The third kappa shape index (κ3) is 7.41. The van der Waals surface area contributed by atoms with Crippen molar-refractivity contribution in [2.24, 2.45) is 5.92 Å². The molecule has 0 aliphatic rings. The maximum absolute atomic E-state index is 11.8. The Hall–Kier alpha value is -2.70. The van der Waals surface area contributed by atoms with Gasteiger partial charge in [-0.3, -0.25) is 4.79 Å². The third-order valence-corrected chi connectivity index (χ3v) is 5.83. The van der Waals surface area contributed by atoms with E-state index in [2.05, 4.69) is 26.6 Å². The van der Waals surface area contributed by atoms with Crippen molar-refractivity contribution < 1.29 is 14.3 Å². The summed E-state index contributed by atoms with van der Waals surface area (Å²) >= 11 is 9.72. The molecule has 2 N–H and O–H groups in total. The van der Waals surface area contributed by atoms with Gasteiger partial charge in [-0.05, 0) is 66.6 Å². The molecule has 0 aromatic heterocycles. The molecule has 0 fully saturated rings. The first kappa shape index (κ1) is 24.9. The Labute approximate surface area is 208 Å². The topological polar surface area (TPSA) is 59.6 Å². The number of anilines is 2. The highest BCUT2D eigenvalue weighted by molar-refractivity contribution is 9.10. The maximum Gasteiger partial charge on any atom is 0.226 e. The van der Waals surface area contributed by atoms with E-state index in [-0.39, 0.29) is 11.8 Å². The van der Waals surface area contributed by atoms with Gasteiger partial charge in [0.25, 0.3) is 0 Å². The summed E-state index contributed by atoms with van der Waals surface area (Å²) in [5, 5.41) is 6.98. The van der Waals surface area contributed by atoms with Crippen LogP contribution in [0.25, 0.3) is 0 Å².